The number of halogens is 2. The molecule has 1 aromatic rings. The van der Waals surface area contributed by atoms with E-state index in [9.17, 15) is 8.78 Å². The lowest BCUT2D eigenvalue weighted by atomic mass is 10.1. The summed E-state index contributed by atoms with van der Waals surface area (Å²) in [6, 6.07) is 3.76. The van der Waals surface area contributed by atoms with Crippen LogP contribution in [0, 0.1) is 23.0 Å². The molecule has 0 amide bonds. The smallest absolute Gasteiger partial charge is 0.131 e. The molecule has 0 radical (unpaired) electrons. The van der Waals surface area contributed by atoms with E-state index in [-0.39, 0.29) is 17.7 Å². The number of nitriles is 1. The maximum Gasteiger partial charge on any atom is 0.131 e. The van der Waals surface area contributed by atoms with E-state index in [2.05, 4.69) is 5.32 Å². The molecule has 98 valence electrons. The molecule has 0 fully saturated rings. The molecule has 5 heteroatoms. The molecule has 3 nitrogen and oxygen atoms in total. The number of benzene rings is 1. The third-order valence-electron chi connectivity index (χ3n) is 2.68. The SMILES string of the molecule is COC(C)(C)CNCc1c(F)cc(C#N)cc1F. The van der Waals surface area contributed by atoms with Crippen LogP contribution in [-0.2, 0) is 11.3 Å². The number of ether oxygens (including phenoxy) is 1. The molecule has 1 rings (SSSR count). The highest BCUT2D eigenvalue weighted by molar-refractivity contribution is 5.34. The van der Waals surface area contributed by atoms with Gasteiger partial charge in [0.25, 0.3) is 0 Å². The van der Waals surface area contributed by atoms with E-state index in [4.69, 9.17) is 10.00 Å². The van der Waals surface area contributed by atoms with Crippen LogP contribution in [0.1, 0.15) is 25.0 Å². The largest absolute Gasteiger partial charge is 0.377 e. The average molecular weight is 254 g/mol. The quantitative estimate of drug-likeness (QED) is 0.877. The fourth-order valence-electron chi connectivity index (χ4n) is 1.40. The Morgan fingerprint density at radius 3 is 2.33 bits per heavy atom. The van der Waals surface area contributed by atoms with Gasteiger partial charge < -0.3 is 10.1 Å². The van der Waals surface area contributed by atoms with Crippen LogP contribution in [0.5, 0.6) is 0 Å². The molecule has 0 aromatic heterocycles. The monoisotopic (exact) mass is 254 g/mol. The van der Waals surface area contributed by atoms with Crippen molar-refractivity contribution in [3.05, 3.63) is 34.9 Å². The fraction of sp³-hybridized carbons (Fsp3) is 0.462. The van der Waals surface area contributed by atoms with Crippen LogP contribution in [0.3, 0.4) is 0 Å². The van der Waals surface area contributed by atoms with Gasteiger partial charge >= 0.3 is 0 Å². The minimum atomic E-state index is -0.714. The van der Waals surface area contributed by atoms with Gasteiger partial charge in [-0.2, -0.15) is 5.26 Å². The molecule has 0 aliphatic rings. The van der Waals surface area contributed by atoms with E-state index < -0.39 is 17.2 Å². The average Bonchev–Trinajstić information content (AvgIpc) is 2.32. The van der Waals surface area contributed by atoms with E-state index in [1.54, 1.807) is 13.2 Å². The lowest BCUT2D eigenvalue weighted by molar-refractivity contribution is 0.0229. The first kappa shape index (κ1) is 14.6. The van der Waals surface area contributed by atoms with Crippen molar-refractivity contribution in [2.75, 3.05) is 13.7 Å². The highest BCUT2D eigenvalue weighted by atomic mass is 19.1. The summed E-state index contributed by atoms with van der Waals surface area (Å²) in [5.41, 5.74) is -0.494. The van der Waals surface area contributed by atoms with Gasteiger partial charge in [0.2, 0.25) is 0 Å². The van der Waals surface area contributed by atoms with Gasteiger partial charge in [0.1, 0.15) is 11.6 Å². The van der Waals surface area contributed by atoms with Crippen molar-refractivity contribution in [1.82, 2.24) is 5.32 Å². The topological polar surface area (TPSA) is 45.0 Å². The molecule has 0 saturated heterocycles. The minimum Gasteiger partial charge on any atom is -0.377 e. The van der Waals surface area contributed by atoms with Crippen molar-refractivity contribution in [3.8, 4) is 6.07 Å². The van der Waals surface area contributed by atoms with Gasteiger partial charge in [0.15, 0.2) is 0 Å². The number of methoxy groups -OCH3 is 1. The maximum absolute atomic E-state index is 13.5. The van der Waals surface area contributed by atoms with Gasteiger partial charge in [-0.15, -0.1) is 0 Å². The Morgan fingerprint density at radius 1 is 1.33 bits per heavy atom. The Balaban J connectivity index is 2.72. The fourth-order valence-corrected chi connectivity index (χ4v) is 1.40. The zero-order chi connectivity index (χ0) is 13.8. The summed E-state index contributed by atoms with van der Waals surface area (Å²) in [7, 11) is 1.57. The molecule has 0 unspecified atom stereocenters. The molecule has 0 heterocycles. The zero-order valence-corrected chi connectivity index (χ0v) is 10.7. The standard InChI is InChI=1S/C13H16F2N2O/c1-13(2,18-3)8-17-7-10-11(14)4-9(6-16)5-12(10)15/h4-5,17H,7-8H2,1-3H3. The van der Waals surface area contributed by atoms with Crippen LogP contribution in [-0.4, -0.2) is 19.3 Å². The summed E-state index contributed by atoms with van der Waals surface area (Å²) in [5.74, 6) is -1.43. The van der Waals surface area contributed by atoms with Crippen molar-refractivity contribution in [3.63, 3.8) is 0 Å². The molecule has 0 spiro atoms. The summed E-state index contributed by atoms with van der Waals surface area (Å²) in [5, 5.41) is 11.5. The highest BCUT2D eigenvalue weighted by Gasteiger charge is 2.17. The Hall–Kier alpha value is -1.51. The Labute approximate surface area is 105 Å². The second-order valence-electron chi connectivity index (χ2n) is 4.60. The molecule has 0 saturated carbocycles. The zero-order valence-electron chi connectivity index (χ0n) is 10.7. The highest BCUT2D eigenvalue weighted by Crippen LogP contribution is 2.15. The summed E-state index contributed by atoms with van der Waals surface area (Å²) in [6.45, 7) is 4.25. The third kappa shape index (κ3) is 3.76. The van der Waals surface area contributed by atoms with Crippen molar-refractivity contribution < 1.29 is 13.5 Å². The van der Waals surface area contributed by atoms with Crippen molar-refractivity contribution in [2.45, 2.75) is 26.0 Å². The van der Waals surface area contributed by atoms with Crippen LogP contribution in [0.25, 0.3) is 0 Å². The van der Waals surface area contributed by atoms with Gasteiger partial charge in [-0.3, -0.25) is 0 Å². The molecule has 1 aromatic carbocycles. The minimum absolute atomic E-state index is 0.0222. The Morgan fingerprint density at radius 2 is 1.89 bits per heavy atom. The van der Waals surface area contributed by atoms with E-state index in [0.717, 1.165) is 12.1 Å². The lowest BCUT2D eigenvalue weighted by Gasteiger charge is -2.23. The molecule has 0 atom stereocenters. The first-order chi connectivity index (χ1) is 8.39. The van der Waals surface area contributed by atoms with Gasteiger partial charge in [-0.25, -0.2) is 8.78 Å². The lowest BCUT2D eigenvalue weighted by Crippen LogP contribution is -2.36. The molecular formula is C13H16F2N2O. The molecule has 18 heavy (non-hydrogen) atoms. The maximum atomic E-state index is 13.5. The van der Waals surface area contributed by atoms with Crippen molar-refractivity contribution in [2.24, 2.45) is 0 Å². The predicted octanol–water partition coefficient (Wildman–Crippen LogP) is 2.35. The number of nitrogens with zero attached hydrogens (tertiary/aromatic N) is 1. The van der Waals surface area contributed by atoms with Crippen molar-refractivity contribution >= 4 is 0 Å². The molecular weight excluding hydrogens is 238 g/mol. The molecule has 1 N–H and O–H groups in total. The second kappa shape index (κ2) is 5.89. The first-order valence-corrected chi connectivity index (χ1v) is 5.53. The van der Waals surface area contributed by atoms with Crippen LogP contribution < -0.4 is 5.32 Å². The van der Waals surface area contributed by atoms with Crippen LogP contribution in [0.2, 0.25) is 0 Å². The summed E-state index contributed by atoms with van der Waals surface area (Å²) >= 11 is 0. The van der Waals surface area contributed by atoms with Crippen LogP contribution in [0.15, 0.2) is 12.1 Å². The van der Waals surface area contributed by atoms with Gasteiger partial charge in [0, 0.05) is 25.8 Å². The van der Waals surface area contributed by atoms with E-state index >= 15 is 0 Å². The third-order valence-corrected chi connectivity index (χ3v) is 2.68. The van der Waals surface area contributed by atoms with E-state index in [1.807, 2.05) is 13.8 Å². The van der Waals surface area contributed by atoms with E-state index in [0.29, 0.717) is 6.54 Å². The van der Waals surface area contributed by atoms with Crippen LogP contribution >= 0.6 is 0 Å². The molecule has 0 aliphatic heterocycles. The summed E-state index contributed by atoms with van der Waals surface area (Å²) in [4.78, 5) is 0. The van der Waals surface area contributed by atoms with Crippen molar-refractivity contribution in [1.29, 1.82) is 5.26 Å². The molecule has 0 aliphatic carbocycles. The predicted molar refractivity (Wildman–Crippen MR) is 63.9 cm³/mol. The Kier molecular flexibility index (Phi) is 4.76. The normalized spacial score (nSPS) is 11.3. The number of nitrogens with one attached hydrogen (secondary N) is 1. The van der Waals surface area contributed by atoms with Crippen LogP contribution in [0.4, 0.5) is 8.78 Å². The van der Waals surface area contributed by atoms with Gasteiger partial charge in [-0.05, 0) is 26.0 Å². The number of rotatable bonds is 5. The molecule has 0 bridgehead atoms. The first-order valence-electron chi connectivity index (χ1n) is 5.53. The number of hydrogen-bond donors (Lipinski definition) is 1. The van der Waals surface area contributed by atoms with Gasteiger partial charge in [0.05, 0.1) is 17.2 Å². The number of hydrogen-bond acceptors (Lipinski definition) is 3. The Bertz CT molecular complexity index is 444. The summed E-state index contributed by atoms with van der Waals surface area (Å²) < 4.78 is 32.3. The van der Waals surface area contributed by atoms with E-state index in [1.165, 1.54) is 0 Å². The summed E-state index contributed by atoms with van der Waals surface area (Å²) in [6.07, 6.45) is 0. The van der Waals surface area contributed by atoms with Gasteiger partial charge in [-0.1, -0.05) is 0 Å². The second-order valence-corrected chi connectivity index (χ2v) is 4.60.